The molecule has 0 saturated carbocycles. The van der Waals surface area contributed by atoms with E-state index in [1.807, 2.05) is 6.92 Å². The Morgan fingerprint density at radius 1 is 1.38 bits per heavy atom. The summed E-state index contributed by atoms with van der Waals surface area (Å²) in [6.07, 6.45) is 2.53. The van der Waals surface area contributed by atoms with Crippen molar-refractivity contribution < 1.29 is 19.0 Å². The molecule has 1 aromatic carbocycles. The second-order valence-corrected chi connectivity index (χ2v) is 6.59. The maximum atomic E-state index is 11.5. The van der Waals surface area contributed by atoms with Crippen molar-refractivity contribution in [1.82, 2.24) is 5.43 Å². The van der Waals surface area contributed by atoms with E-state index in [2.05, 4.69) is 33.0 Å². The van der Waals surface area contributed by atoms with Gasteiger partial charge in [-0.3, -0.25) is 0 Å². The Kier molecular flexibility index (Phi) is 7.78. The van der Waals surface area contributed by atoms with Crippen molar-refractivity contribution >= 4 is 28.2 Å². The molecule has 0 heterocycles. The van der Waals surface area contributed by atoms with E-state index < -0.39 is 11.7 Å². The van der Waals surface area contributed by atoms with Crippen LogP contribution in [-0.4, -0.2) is 31.1 Å². The first-order valence-electron chi connectivity index (χ1n) is 7.49. The van der Waals surface area contributed by atoms with Gasteiger partial charge in [0.1, 0.15) is 12.2 Å². The largest absolute Gasteiger partial charge is 0.490 e. The van der Waals surface area contributed by atoms with E-state index in [9.17, 15) is 4.79 Å². The summed E-state index contributed by atoms with van der Waals surface area (Å²) >= 11 is 3.45. The molecule has 0 aliphatic carbocycles. The number of amides is 1. The summed E-state index contributed by atoms with van der Waals surface area (Å²) in [4.78, 5) is 11.5. The predicted octanol–water partition coefficient (Wildman–Crippen LogP) is 4.27. The summed E-state index contributed by atoms with van der Waals surface area (Å²) in [5.74, 6) is 1.17. The minimum atomic E-state index is -0.617. The van der Waals surface area contributed by atoms with Gasteiger partial charge in [-0.05, 0) is 61.3 Å². The smallest absolute Gasteiger partial charge is 0.428 e. The highest BCUT2D eigenvalue weighted by Gasteiger charge is 2.15. The van der Waals surface area contributed by atoms with E-state index in [1.54, 1.807) is 39.0 Å². The van der Waals surface area contributed by atoms with Gasteiger partial charge in [0.05, 0.1) is 17.3 Å². The predicted molar refractivity (Wildman–Crippen MR) is 98.0 cm³/mol. The van der Waals surface area contributed by atoms with Gasteiger partial charge in [-0.15, -0.1) is 0 Å². The molecule has 0 radical (unpaired) electrons. The molecule has 7 heteroatoms. The van der Waals surface area contributed by atoms with Gasteiger partial charge in [-0.2, -0.15) is 5.10 Å². The Balaban J connectivity index is 2.86. The first-order valence-corrected chi connectivity index (χ1v) is 8.28. The second-order valence-electron chi connectivity index (χ2n) is 5.73. The topological polar surface area (TPSA) is 69.2 Å². The van der Waals surface area contributed by atoms with Crippen LogP contribution in [0.1, 0.15) is 33.3 Å². The van der Waals surface area contributed by atoms with Crippen LogP contribution in [0, 0.1) is 0 Å². The molecule has 0 saturated heterocycles. The van der Waals surface area contributed by atoms with Crippen molar-refractivity contribution in [3.05, 3.63) is 34.8 Å². The van der Waals surface area contributed by atoms with Gasteiger partial charge in [0, 0.05) is 0 Å². The molecule has 0 fully saturated rings. The highest BCUT2D eigenvalue weighted by Crippen LogP contribution is 2.36. The minimum Gasteiger partial charge on any atom is -0.490 e. The first kappa shape index (κ1) is 20.0. The van der Waals surface area contributed by atoms with E-state index in [0.717, 1.165) is 5.56 Å². The summed E-state index contributed by atoms with van der Waals surface area (Å²) in [7, 11) is 0. The lowest BCUT2D eigenvalue weighted by Crippen LogP contribution is -2.29. The summed E-state index contributed by atoms with van der Waals surface area (Å²) in [6, 6.07) is 3.58. The third-order valence-electron chi connectivity index (χ3n) is 2.45. The third kappa shape index (κ3) is 7.04. The zero-order valence-electron chi connectivity index (χ0n) is 14.4. The summed E-state index contributed by atoms with van der Waals surface area (Å²) < 4.78 is 17.0. The van der Waals surface area contributed by atoms with Crippen molar-refractivity contribution in [2.75, 3.05) is 13.2 Å². The normalized spacial score (nSPS) is 11.2. The van der Waals surface area contributed by atoms with Gasteiger partial charge in [0.15, 0.2) is 11.5 Å². The Labute approximate surface area is 151 Å². The highest BCUT2D eigenvalue weighted by molar-refractivity contribution is 9.10. The molecule has 0 bridgehead atoms. The maximum absolute atomic E-state index is 11.5. The Morgan fingerprint density at radius 2 is 2.08 bits per heavy atom. The van der Waals surface area contributed by atoms with Crippen molar-refractivity contribution in [2.45, 2.75) is 33.3 Å². The van der Waals surface area contributed by atoms with E-state index >= 15 is 0 Å². The number of carbonyl (C=O) groups is 1. The van der Waals surface area contributed by atoms with E-state index in [4.69, 9.17) is 14.2 Å². The van der Waals surface area contributed by atoms with E-state index in [1.165, 1.54) is 6.21 Å². The monoisotopic (exact) mass is 398 g/mol. The first-order chi connectivity index (χ1) is 11.3. The molecule has 0 aromatic heterocycles. The fourth-order valence-electron chi connectivity index (χ4n) is 1.67. The molecule has 6 nitrogen and oxygen atoms in total. The van der Waals surface area contributed by atoms with Gasteiger partial charge in [0.2, 0.25) is 0 Å². The van der Waals surface area contributed by atoms with Crippen molar-refractivity contribution in [3.8, 4) is 11.5 Å². The number of nitrogens with zero attached hydrogens (tertiary/aromatic N) is 1. The van der Waals surface area contributed by atoms with Crippen molar-refractivity contribution in [2.24, 2.45) is 5.10 Å². The number of nitrogens with one attached hydrogen (secondary N) is 1. The van der Waals surface area contributed by atoms with Gasteiger partial charge < -0.3 is 14.2 Å². The molecule has 0 spiro atoms. The van der Waals surface area contributed by atoms with Crippen LogP contribution < -0.4 is 14.9 Å². The lowest BCUT2D eigenvalue weighted by atomic mass is 10.2. The molecule has 132 valence electrons. The summed E-state index contributed by atoms with van der Waals surface area (Å²) in [5, 5.41) is 3.88. The number of hydrazone groups is 1. The molecule has 1 rings (SSSR count). The number of halogens is 1. The number of carbonyl (C=O) groups excluding carboxylic acids is 1. The SMILES string of the molecule is C=CCOc1c(Br)cc(/C=N\NC(=O)OC(C)(C)C)cc1OCC. The van der Waals surface area contributed by atoms with Crippen LogP contribution in [0.5, 0.6) is 11.5 Å². The summed E-state index contributed by atoms with van der Waals surface area (Å²) in [6.45, 7) is 11.7. The van der Waals surface area contributed by atoms with Crippen LogP contribution in [0.2, 0.25) is 0 Å². The maximum Gasteiger partial charge on any atom is 0.428 e. The Morgan fingerprint density at radius 3 is 2.67 bits per heavy atom. The number of rotatable bonds is 7. The minimum absolute atomic E-state index is 0.367. The van der Waals surface area contributed by atoms with Crippen LogP contribution in [0.25, 0.3) is 0 Å². The van der Waals surface area contributed by atoms with Crippen LogP contribution in [0.3, 0.4) is 0 Å². The molecule has 24 heavy (non-hydrogen) atoms. The third-order valence-corrected chi connectivity index (χ3v) is 3.03. The molecule has 0 aliphatic heterocycles. The average molecular weight is 399 g/mol. The molecule has 0 atom stereocenters. The molecule has 1 aromatic rings. The van der Waals surface area contributed by atoms with Gasteiger partial charge in [0.25, 0.3) is 0 Å². The number of benzene rings is 1. The lowest BCUT2D eigenvalue weighted by Gasteiger charge is -2.18. The fourth-order valence-corrected chi connectivity index (χ4v) is 2.24. The molecular formula is C17H23BrN2O4. The van der Waals surface area contributed by atoms with Crippen LogP contribution in [0.15, 0.2) is 34.4 Å². The standard InChI is InChI=1S/C17H23BrN2O4/c1-6-8-23-15-13(18)9-12(10-14(15)22-7-2)11-19-20-16(21)24-17(3,4)5/h6,9-11H,1,7-8H2,2-5H3,(H,20,21)/b19-11-. The highest BCUT2D eigenvalue weighted by atomic mass is 79.9. The number of ether oxygens (including phenoxy) is 3. The van der Waals surface area contributed by atoms with Gasteiger partial charge in [-0.1, -0.05) is 12.7 Å². The zero-order valence-corrected chi connectivity index (χ0v) is 16.0. The number of hydrogen-bond donors (Lipinski definition) is 1. The molecule has 0 unspecified atom stereocenters. The van der Waals surface area contributed by atoms with Crippen LogP contribution in [-0.2, 0) is 4.74 Å². The summed E-state index contributed by atoms with van der Waals surface area (Å²) in [5.41, 5.74) is 2.47. The lowest BCUT2D eigenvalue weighted by molar-refractivity contribution is 0.0529. The van der Waals surface area contributed by atoms with Gasteiger partial charge in [-0.25, -0.2) is 10.2 Å². The second kappa shape index (κ2) is 9.32. The van der Waals surface area contributed by atoms with Crippen molar-refractivity contribution in [1.29, 1.82) is 0 Å². The quantitative estimate of drug-likeness (QED) is 0.422. The molecule has 1 N–H and O–H groups in total. The van der Waals surface area contributed by atoms with E-state index in [-0.39, 0.29) is 0 Å². The Bertz CT molecular complexity index is 609. The van der Waals surface area contributed by atoms with Gasteiger partial charge >= 0.3 is 6.09 Å². The number of hydrogen-bond acceptors (Lipinski definition) is 5. The van der Waals surface area contributed by atoms with Crippen LogP contribution in [0.4, 0.5) is 4.79 Å². The average Bonchev–Trinajstić information content (AvgIpc) is 2.45. The fraction of sp³-hybridized carbons (Fsp3) is 0.412. The molecular weight excluding hydrogens is 376 g/mol. The van der Waals surface area contributed by atoms with E-state index in [0.29, 0.717) is 29.2 Å². The van der Waals surface area contributed by atoms with Crippen molar-refractivity contribution in [3.63, 3.8) is 0 Å². The molecule has 0 aliphatic rings. The molecule has 1 amide bonds. The van der Waals surface area contributed by atoms with Crippen LogP contribution >= 0.6 is 15.9 Å². The Hall–Kier alpha value is -2.02. The zero-order chi connectivity index (χ0) is 18.2.